The molecule has 34 heavy (non-hydrogen) atoms. The van der Waals surface area contributed by atoms with Gasteiger partial charge in [-0.05, 0) is 60.9 Å². The third-order valence-corrected chi connectivity index (χ3v) is 6.08. The summed E-state index contributed by atoms with van der Waals surface area (Å²) in [5.41, 5.74) is 3.14. The number of carbonyl (C=O) groups excluding carboxylic acids is 4. The Kier molecular flexibility index (Phi) is 5.41. The van der Waals surface area contributed by atoms with Gasteiger partial charge in [-0.15, -0.1) is 0 Å². The Hall–Kier alpha value is -4.33. The number of benzene rings is 2. The fraction of sp³-hybridized carbons (Fsp3) is 0.192. The Morgan fingerprint density at radius 3 is 2.53 bits per heavy atom. The summed E-state index contributed by atoms with van der Waals surface area (Å²) in [4.78, 5) is 58.0. The van der Waals surface area contributed by atoms with E-state index >= 15 is 0 Å². The molecule has 1 aromatic heterocycles. The van der Waals surface area contributed by atoms with Crippen molar-refractivity contribution in [2.75, 3.05) is 11.4 Å². The molecule has 3 amide bonds. The number of imide groups is 1. The zero-order valence-electron chi connectivity index (χ0n) is 18.4. The Labute approximate surface area is 195 Å². The van der Waals surface area contributed by atoms with Crippen molar-refractivity contribution in [2.24, 2.45) is 0 Å². The van der Waals surface area contributed by atoms with E-state index in [-0.39, 0.29) is 29.1 Å². The fourth-order valence-electron chi connectivity index (χ4n) is 4.30. The van der Waals surface area contributed by atoms with E-state index in [2.05, 4.69) is 4.98 Å². The van der Waals surface area contributed by atoms with E-state index in [1.165, 1.54) is 25.1 Å². The fourth-order valence-corrected chi connectivity index (χ4v) is 4.30. The first-order valence-electron chi connectivity index (χ1n) is 10.9. The predicted molar refractivity (Wildman–Crippen MR) is 122 cm³/mol. The van der Waals surface area contributed by atoms with Gasteiger partial charge in [0.05, 0.1) is 23.2 Å². The van der Waals surface area contributed by atoms with E-state index in [1.54, 1.807) is 29.4 Å². The molecule has 3 heterocycles. The van der Waals surface area contributed by atoms with E-state index in [9.17, 15) is 19.2 Å². The van der Waals surface area contributed by atoms with Gasteiger partial charge >= 0.3 is 5.97 Å². The highest BCUT2D eigenvalue weighted by molar-refractivity contribution is 6.21. The van der Waals surface area contributed by atoms with Crippen LogP contribution < -0.4 is 4.90 Å². The maximum Gasteiger partial charge on any atom is 0.338 e. The number of carbonyl (C=O) groups is 4. The number of aromatic nitrogens is 1. The average Bonchev–Trinajstić information content (AvgIpc) is 3.39. The first kappa shape index (κ1) is 21.5. The van der Waals surface area contributed by atoms with Gasteiger partial charge in [0.2, 0.25) is 0 Å². The molecule has 8 nitrogen and oxygen atoms in total. The van der Waals surface area contributed by atoms with Crippen molar-refractivity contribution in [3.63, 3.8) is 0 Å². The number of hydrogen-bond donors (Lipinski definition) is 0. The average molecular weight is 455 g/mol. The molecule has 8 heteroatoms. The molecule has 2 aliphatic heterocycles. The Bertz CT molecular complexity index is 1320. The molecule has 0 radical (unpaired) electrons. The predicted octanol–water partition coefficient (Wildman–Crippen LogP) is 3.01. The number of fused-ring (bicyclic) bond motifs is 2. The van der Waals surface area contributed by atoms with Crippen LogP contribution in [0, 0.1) is 0 Å². The number of amides is 3. The maximum absolute atomic E-state index is 12.9. The van der Waals surface area contributed by atoms with Gasteiger partial charge in [-0.2, -0.15) is 0 Å². The number of nitrogens with zero attached hydrogens (tertiary/aromatic N) is 3. The summed E-state index contributed by atoms with van der Waals surface area (Å²) < 4.78 is 5.42. The molecule has 0 spiro atoms. The third-order valence-electron chi connectivity index (χ3n) is 6.08. The van der Waals surface area contributed by atoms with E-state index in [4.69, 9.17) is 4.74 Å². The van der Waals surface area contributed by atoms with Crippen molar-refractivity contribution < 1.29 is 23.9 Å². The number of pyridine rings is 1. The summed E-state index contributed by atoms with van der Waals surface area (Å²) >= 11 is 0. The summed E-state index contributed by atoms with van der Waals surface area (Å²) in [5, 5.41) is 0. The maximum atomic E-state index is 12.9. The van der Waals surface area contributed by atoms with Gasteiger partial charge in [0.15, 0.2) is 6.10 Å². The molecule has 3 aromatic rings. The second-order valence-corrected chi connectivity index (χ2v) is 8.23. The monoisotopic (exact) mass is 455 g/mol. The van der Waals surface area contributed by atoms with Crippen LogP contribution in [0.1, 0.15) is 49.1 Å². The number of anilines is 1. The van der Waals surface area contributed by atoms with Crippen LogP contribution in [0.4, 0.5) is 5.69 Å². The molecular weight excluding hydrogens is 434 g/mol. The molecule has 0 aliphatic carbocycles. The van der Waals surface area contributed by atoms with Crippen LogP contribution in [0.15, 0.2) is 67.0 Å². The molecule has 5 rings (SSSR count). The zero-order chi connectivity index (χ0) is 23.8. The van der Waals surface area contributed by atoms with Gasteiger partial charge in [-0.1, -0.05) is 18.2 Å². The molecule has 2 aliphatic rings. The number of esters is 1. The molecule has 170 valence electrons. The largest absolute Gasteiger partial charge is 0.449 e. The minimum absolute atomic E-state index is 0.104. The number of ether oxygens (including phenoxy) is 1. The Balaban J connectivity index is 1.30. The van der Waals surface area contributed by atoms with Crippen molar-refractivity contribution in [1.29, 1.82) is 0 Å². The normalized spacial score (nSPS) is 15.2. The lowest BCUT2D eigenvalue weighted by Gasteiger charge is -2.21. The highest BCUT2D eigenvalue weighted by Gasteiger charge is 2.36. The summed E-state index contributed by atoms with van der Waals surface area (Å²) in [6.07, 6.45) is 2.92. The second-order valence-electron chi connectivity index (χ2n) is 8.23. The number of rotatable bonds is 5. The van der Waals surface area contributed by atoms with Crippen LogP contribution in [0.3, 0.4) is 0 Å². The SMILES string of the molecule is CC(OC(=O)c1ccc2c(c1)C(=O)N(Cc1ccncc1)C2=O)C(=O)N1CCc2ccccc21. The summed E-state index contributed by atoms with van der Waals surface area (Å²) in [7, 11) is 0. The number of hydrogen-bond acceptors (Lipinski definition) is 6. The molecule has 0 bridgehead atoms. The van der Waals surface area contributed by atoms with Gasteiger partial charge in [0.25, 0.3) is 17.7 Å². The smallest absolute Gasteiger partial charge is 0.338 e. The van der Waals surface area contributed by atoms with Gasteiger partial charge in [-0.25, -0.2) is 4.79 Å². The van der Waals surface area contributed by atoms with Crippen LogP contribution in [0.5, 0.6) is 0 Å². The molecule has 2 aromatic carbocycles. The molecule has 1 atom stereocenters. The van der Waals surface area contributed by atoms with Gasteiger partial charge in [0, 0.05) is 24.6 Å². The van der Waals surface area contributed by atoms with E-state index in [0.29, 0.717) is 6.54 Å². The topological polar surface area (TPSA) is 96.9 Å². The first-order chi connectivity index (χ1) is 16.4. The number of para-hydroxylation sites is 1. The summed E-state index contributed by atoms with van der Waals surface area (Å²) in [6.45, 7) is 2.17. The lowest BCUT2D eigenvalue weighted by atomic mass is 10.1. The summed E-state index contributed by atoms with van der Waals surface area (Å²) in [5.74, 6) is -1.95. The lowest BCUT2D eigenvalue weighted by Crippen LogP contribution is -2.39. The van der Waals surface area contributed by atoms with Crippen molar-refractivity contribution in [1.82, 2.24) is 9.88 Å². The van der Waals surface area contributed by atoms with Crippen LogP contribution in [0.25, 0.3) is 0 Å². The molecule has 0 saturated carbocycles. The third kappa shape index (κ3) is 3.73. The Morgan fingerprint density at radius 2 is 1.74 bits per heavy atom. The van der Waals surface area contributed by atoms with Crippen LogP contribution in [0.2, 0.25) is 0 Å². The minimum atomic E-state index is -1.01. The van der Waals surface area contributed by atoms with Gasteiger partial charge < -0.3 is 9.64 Å². The highest BCUT2D eigenvalue weighted by Crippen LogP contribution is 2.29. The summed E-state index contributed by atoms with van der Waals surface area (Å²) in [6, 6.07) is 15.3. The van der Waals surface area contributed by atoms with Crippen molar-refractivity contribution in [3.05, 3.63) is 94.8 Å². The highest BCUT2D eigenvalue weighted by atomic mass is 16.5. The van der Waals surface area contributed by atoms with Gasteiger partial charge in [0.1, 0.15) is 0 Å². The molecule has 0 fully saturated rings. The molecule has 0 N–H and O–H groups in total. The van der Waals surface area contributed by atoms with E-state index in [0.717, 1.165) is 28.1 Å². The van der Waals surface area contributed by atoms with Crippen LogP contribution >= 0.6 is 0 Å². The van der Waals surface area contributed by atoms with E-state index in [1.807, 2.05) is 24.3 Å². The van der Waals surface area contributed by atoms with Crippen LogP contribution in [-0.4, -0.2) is 46.2 Å². The van der Waals surface area contributed by atoms with Crippen molar-refractivity contribution >= 4 is 29.4 Å². The standard InChI is InChI=1S/C26H21N3O5/c1-16(23(30)28-13-10-18-4-2-3-5-22(18)28)34-26(33)19-6-7-20-21(14-19)25(32)29(24(20)31)15-17-8-11-27-12-9-17/h2-9,11-12,14,16H,10,13,15H2,1H3. The minimum Gasteiger partial charge on any atom is -0.449 e. The van der Waals surface area contributed by atoms with Gasteiger partial charge in [-0.3, -0.25) is 24.3 Å². The Morgan fingerprint density at radius 1 is 1.00 bits per heavy atom. The van der Waals surface area contributed by atoms with Crippen molar-refractivity contribution in [3.8, 4) is 0 Å². The van der Waals surface area contributed by atoms with Crippen LogP contribution in [-0.2, 0) is 22.5 Å². The van der Waals surface area contributed by atoms with Crippen molar-refractivity contribution in [2.45, 2.75) is 26.0 Å². The second kappa shape index (κ2) is 8.55. The molecular formula is C26H21N3O5. The lowest BCUT2D eigenvalue weighted by molar-refractivity contribution is -0.126. The zero-order valence-corrected chi connectivity index (χ0v) is 18.4. The first-order valence-corrected chi connectivity index (χ1v) is 10.9. The molecule has 1 unspecified atom stereocenters. The van der Waals surface area contributed by atoms with E-state index < -0.39 is 23.9 Å². The quantitative estimate of drug-likeness (QED) is 0.433. The molecule has 0 saturated heterocycles.